The molecule has 1 N–H and O–H groups in total. The Labute approximate surface area is 203 Å². The average molecular weight is 492 g/mol. The summed E-state index contributed by atoms with van der Waals surface area (Å²) in [5.41, 5.74) is 1.49. The minimum Gasteiger partial charge on any atom is -0.494 e. The summed E-state index contributed by atoms with van der Waals surface area (Å²) in [5, 5.41) is 0.470. The van der Waals surface area contributed by atoms with Crippen molar-refractivity contribution in [1.29, 1.82) is 0 Å². The molecule has 1 saturated heterocycles. The standard InChI is InChI=1S/C26H29ClF3N3O/c1-17-24(19-6-3-7-20(15-19)26(28,29)30)32-25(31-17)22-9-8-21(16-23(22)27)34-14-4-5-18-10-12-33(2)13-11-18/h3,6-9,15-16,18H,4-5,10-14H2,1-2H3,(H,31,32). The van der Waals surface area contributed by atoms with E-state index in [4.69, 9.17) is 16.3 Å². The van der Waals surface area contributed by atoms with Gasteiger partial charge in [0.25, 0.3) is 0 Å². The summed E-state index contributed by atoms with van der Waals surface area (Å²) < 4.78 is 45.2. The molecule has 0 saturated carbocycles. The van der Waals surface area contributed by atoms with Gasteiger partial charge in [0, 0.05) is 16.8 Å². The molecule has 1 aliphatic rings. The van der Waals surface area contributed by atoms with Crippen molar-refractivity contribution in [3.8, 4) is 28.4 Å². The molecular formula is C26H29ClF3N3O. The third-order valence-electron chi connectivity index (χ3n) is 6.41. The molecule has 0 amide bonds. The van der Waals surface area contributed by atoms with Crippen LogP contribution in [0.3, 0.4) is 0 Å². The van der Waals surface area contributed by atoms with E-state index in [-0.39, 0.29) is 0 Å². The van der Waals surface area contributed by atoms with Gasteiger partial charge in [0.1, 0.15) is 11.6 Å². The molecule has 34 heavy (non-hydrogen) atoms. The lowest BCUT2D eigenvalue weighted by molar-refractivity contribution is -0.137. The summed E-state index contributed by atoms with van der Waals surface area (Å²) in [6, 6.07) is 10.6. The summed E-state index contributed by atoms with van der Waals surface area (Å²) in [6.45, 7) is 4.76. The van der Waals surface area contributed by atoms with Gasteiger partial charge < -0.3 is 14.6 Å². The Kier molecular flexibility index (Phi) is 7.53. The molecule has 4 rings (SSSR count). The van der Waals surface area contributed by atoms with Crippen molar-refractivity contribution in [2.75, 3.05) is 26.7 Å². The van der Waals surface area contributed by atoms with Crippen LogP contribution in [0.4, 0.5) is 13.2 Å². The van der Waals surface area contributed by atoms with Crippen LogP contribution in [0.5, 0.6) is 5.75 Å². The molecule has 2 aromatic carbocycles. The highest BCUT2D eigenvalue weighted by Crippen LogP contribution is 2.35. The molecule has 0 unspecified atom stereocenters. The quantitative estimate of drug-likeness (QED) is 0.354. The number of aromatic nitrogens is 2. The lowest BCUT2D eigenvalue weighted by Crippen LogP contribution is -2.30. The van der Waals surface area contributed by atoms with E-state index >= 15 is 0 Å². The Morgan fingerprint density at radius 1 is 1.15 bits per heavy atom. The summed E-state index contributed by atoms with van der Waals surface area (Å²) in [5.74, 6) is 1.97. The van der Waals surface area contributed by atoms with Gasteiger partial charge in [-0.05, 0) is 89.0 Å². The van der Waals surface area contributed by atoms with Crippen LogP contribution in [0.25, 0.3) is 22.6 Å². The van der Waals surface area contributed by atoms with Crippen molar-refractivity contribution in [3.05, 3.63) is 58.7 Å². The van der Waals surface area contributed by atoms with Crippen LogP contribution in [0.1, 0.15) is 36.9 Å². The van der Waals surface area contributed by atoms with E-state index in [1.807, 2.05) is 12.1 Å². The van der Waals surface area contributed by atoms with E-state index in [2.05, 4.69) is 21.9 Å². The summed E-state index contributed by atoms with van der Waals surface area (Å²) in [7, 11) is 2.17. The largest absolute Gasteiger partial charge is 0.494 e. The number of hydrogen-bond donors (Lipinski definition) is 1. The molecule has 4 nitrogen and oxygen atoms in total. The molecule has 2 heterocycles. The van der Waals surface area contributed by atoms with Crippen molar-refractivity contribution < 1.29 is 17.9 Å². The topological polar surface area (TPSA) is 41.1 Å². The fourth-order valence-electron chi connectivity index (χ4n) is 4.40. The maximum Gasteiger partial charge on any atom is 0.416 e. The zero-order chi connectivity index (χ0) is 24.3. The second-order valence-electron chi connectivity index (χ2n) is 9.02. The zero-order valence-corrected chi connectivity index (χ0v) is 20.1. The highest BCUT2D eigenvalue weighted by atomic mass is 35.5. The smallest absolute Gasteiger partial charge is 0.416 e. The molecule has 1 aliphatic heterocycles. The lowest BCUT2D eigenvalue weighted by atomic mass is 9.93. The molecule has 0 atom stereocenters. The second-order valence-corrected chi connectivity index (χ2v) is 9.42. The van der Waals surface area contributed by atoms with Crippen LogP contribution in [0.15, 0.2) is 42.5 Å². The van der Waals surface area contributed by atoms with Crippen molar-refractivity contribution in [3.63, 3.8) is 0 Å². The predicted molar refractivity (Wildman–Crippen MR) is 129 cm³/mol. The lowest BCUT2D eigenvalue weighted by Gasteiger charge is -2.28. The molecule has 1 fully saturated rings. The number of imidazole rings is 1. The minimum absolute atomic E-state index is 0.399. The van der Waals surface area contributed by atoms with Crippen LogP contribution in [0.2, 0.25) is 5.02 Å². The predicted octanol–water partition coefficient (Wildman–Crippen LogP) is 7.23. The Morgan fingerprint density at radius 2 is 1.91 bits per heavy atom. The number of halogens is 4. The highest BCUT2D eigenvalue weighted by Gasteiger charge is 2.30. The zero-order valence-electron chi connectivity index (χ0n) is 19.4. The molecule has 1 aromatic heterocycles. The number of rotatable bonds is 7. The van der Waals surface area contributed by atoms with E-state index in [9.17, 15) is 13.2 Å². The van der Waals surface area contributed by atoms with Crippen molar-refractivity contribution in [2.24, 2.45) is 5.92 Å². The average Bonchev–Trinajstić information content (AvgIpc) is 3.19. The van der Waals surface area contributed by atoms with Crippen LogP contribution >= 0.6 is 11.6 Å². The van der Waals surface area contributed by atoms with Gasteiger partial charge >= 0.3 is 6.18 Å². The Balaban J connectivity index is 1.40. The van der Waals surface area contributed by atoms with Crippen LogP contribution in [-0.4, -0.2) is 41.6 Å². The number of aryl methyl sites for hydroxylation is 1. The Bertz CT molecular complexity index is 1120. The number of ether oxygens (including phenoxy) is 1. The van der Waals surface area contributed by atoms with Crippen LogP contribution < -0.4 is 4.74 Å². The maximum atomic E-state index is 13.1. The van der Waals surface area contributed by atoms with Crippen molar-refractivity contribution >= 4 is 11.6 Å². The first-order valence-corrected chi connectivity index (χ1v) is 11.9. The first-order valence-electron chi connectivity index (χ1n) is 11.6. The van der Waals surface area contributed by atoms with E-state index in [1.54, 1.807) is 19.1 Å². The number of piperidine rings is 1. The van der Waals surface area contributed by atoms with E-state index in [1.165, 1.54) is 38.4 Å². The number of alkyl halides is 3. The summed E-state index contributed by atoms with van der Waals surface area (Å²) in [4.78, 5) is 10.1. The van der Waals surface area contributed by atoms with E-state index in [0.29, 0.717) is 45.7 Å². The molecule has 0 aliphatic carbocycles. The van der Waals surface area contributed by atoms with E-state index in [0.717, 1.165) is 24.5 Å². The number of H-pyrrole nitrogens is 1. The fraction of sp³-hybridized carbons (Fsp3) is 0.423. The minimum atomic E-state index is -4.41. The SMILES string of the molecule is Cc1[nH]c(-c2ccc(OCCCC3CCN(C)CC3)cc2Cl)nc1-c1cccc(C(F)(F)F)c1. The summed E-state index contributed by atoms with van der Waals surface area (Å²) in [6.07, 6.45) is 0.272. The van der Waals surface area contributed by atoms with Gasteiger partial charge in [-0.3, -0.25) is 0 Å². The molecule has 0 spiro atoms. The van der Waals surface area contributed by atoms with Crippen LogP contribution in [-0.2, 0) is 6.18 Å². The van der Waals surface area contributed by atoms with Gasteiger partial charge in [-0.15, -0.1) is 0 Å². The van der Waals surface area contributed by atoms with Crippen LogP contribution in [0, 0.1) is 12.8 Å². The van der Waals surface area contributed by atoms with Gasteiger partial charge in [-0.2, -0.15) is 13.2 Å². The van der Waals surface area contributed by atoms with Crippen molar-refractivity contribution in [2.45, 2.75) is 38.8 Å². The first kappa shape index (κ1) is 24.6. The highest BCUT2D eigenvalue weighted by molar-refractivity contribution is 6.33. The molecule has 0 bridgehead atoms. The third kappa shape index (κ3) is 5.94. The fourth-order valence-corrected chi connectivity index (χ4v) is 4.66. The third-order valence-corrected chi connectivity index (χ3v) is 6.72. The molecule has 8 heteroatoms. The monoisotopic (exact) mass is 491 g/mol. The maximum absolute atomic E-state index is 13.1. The van der Waals surface area contributed by atoms with Gasteiger partial charge in [0.15, 0.2) is 0 Å². The number of aromatic amines is 1. The first-order chi connectivity index (χ1) is 16.2. The van der Waals surface area contributed by atoms with Gasteiger partial charge in [-0.25, -0.2) is 4.98 Å². The number of nitrogens with zero attached hydrogens (tertiary/aromatic N) is 2. The Morgan fingerprint density at radius 3 is 2.62 bits per heavy atom. The van der Waals surface area contributed by atoms with Crippen molar-refractivity contribution in [1.82, 2.24) is 14.9 Å². The van der Waals surface area contributed by atoms with Gasteiger partial charge in [-0.1, -0.05) is 23.7 Å². The number of hydrogen-bond acceptors (Lipinski definition) is 3. The molecule has 182 valence electrons. The molecule has 3 aromatic rings. The number of benzene rings is 2. The van der Waals surface area contributed by atoms with Gasteiger partial charge in [0.05, 0.1) is 22.9 Å². The number of nitrogens with one attached hydrogen (secondary N) is 1. The normalized spacial score (nSPS) is 15.6. The van der Waals surface area contributed by atoms with E-state index < -0.39 is 11.7 Å². The van der Waals surface area contributed by atoms with Gasteiger partial charge in [0.2, 0.25) is 0 Å². The number of likely N-dealkylation sites (tertiary alicyclic amines) is 1. The molecular weight excluding hydrogens is 463 g/mol. The molecule has 0 radical (unpaired) electrons. The second kappa shape index (κ2) is 10.4. The Hall–Kier alpha value is -2.51. The summed E-state index contributed by atoms with van der Waals surface area (Å²) >= 11 is 6.51.